The average molecular weight is 275 g/mol. The van der Waals surface area contributed by atoms with Crippen molar-refractivity contribution >= 4 is 5.82 Å². The molecule has 0 aromatic carbocycles. The van der Waals surface area contributed by atoms with Crippen LogP contribution in [0, 0.1) is 24.7 Å². The van der Waals surface area contributed by atoms with Gasteiger partial charge in [-0.2, -0.15) is 4.98 Å². The summed E-state index contributed by atoms with van der Waals surface area (Å²) in [5, 5.41) is 19.2. The van der Waals surface area contributed by atoms with E-state index in [0.717, 1.165) is 4.57 Å². The molecular weight excluding hydrogens is 262 g/mol. The van der Waals surface area contributed by atoms with Crippen molar-refractivity contribution in [1.82, 2.24) is 9.55 Å². The summed E-state index contributed by atoms with van der Waals surface area (Å²) in [5.41, 5.74) is 3.51. The normalized spacial score (nSPS) is 28.8. The zero-order valence-corrected chi connectivity index (χ0v) is 10.5. The van der Waals surface area contributed by atoms with Crippen LogP contribution in [0.5, 0.6) is 0 Å². The molecule has 1 saturated heterocycles. The molecule has 104 valence electrons. The second-order valence-electron chi connectivity index (χ2n) is 4.39. The Labute approximate surface area is 115 Å². The number of hydrogen-bond acceptors (Lipinski definition) is 6. The molecule has 7 nitrogen and oxygen atoms in total. The number of aliphatic hydroxyl groups is 2. The number of aliphatic hydroxyl groups excluding tert-OH is 2. The Balaban J connectivity index is 2.44. The number of aromatic nitrogens is 2. The third-order valence-electron chi connectivity index (χ3n) is 3.24. The Bertz CT molecular complexity index is 670. The molecule has 1 aromatic rings. The van der Waals surface area contributed by atoms with Crippen LogP contribution in [0.25, 0.3) is 0 Å². The van der Waals surface area contributed by atoms with E-state index in [1.807, 2.05) is 0 Å². The predicted octanol–water partition coefficient (Wildman–Crippen LogP) is -1.55. The molecule has 0 radical (unpaired) electrons. The summed E-state index contributed by atoms with van der Waals surface area (Å²) in [4.78, 5) is 15.4. The zero-order valence-electron chi connectivity index (χ0n) is 10.5. The summed E-state index contributed by atoms with van der Waals surface area (Å²) in [6.07, 6.45) is 9.89. The van der Waals surface area contributed by atoms with E-state index >= 15 is 0 Å². The van der Waals surface area contributed by atoms with Gasteiger partial charge in [-0.25, -0.2) is 4.79 Å². The lowest BCUT2D eigenvalue weighted by molar-refractivity contribution is -0.0912. The second-order valence-corrected chi connectivity index (χ2v) is 4.39. The van der Waals surface area contributed by atoms with Crippen LogP contribution in [0.2, 0.25) is 0 Å². The standard InChI is InChI=1S/C13H13N3O4/c1-3-8-6-16(12(19)15-11(8)14)10-5-9(18)13(4-2,7-17)20-10/h1-2,6,9-10,17-18H,5,7H2,(H2,14,15,19)/t9-,10+,13+/m0/s1. The minimum absolute atomic E-state index is 0.0281. The van der Waals surface area contributed by atoms with Crippen molar-refractivity contribution in [2.75, 3.05) is 12.3 Å². The molecule has 2 rings (SSSR count). The van der Waals surface area contributed by atoms with Gasteiger partial charge in [0.1, 0.15) is 18.1 Å². The van der Waals surface area contributed by atoms with E-state index in [1.54, 1.807) is 0 Å². The number of terminal acetylenes is 2. The van der Waals surface area contributed by atoms with E-state index in [-0.39, 0.29) is 17.8 Å². The fourth-order valence-electron chi connectivity index (χ4n) is 2.04. The number of nitrogens with zero attached hydrogens (tertiary/aromatic N) is 2. The maximum absolute atomic E-state index is 11.8. The first kappa shape index (κ1) is 14.1. The highest BCUT2D eigenvalue weighted by molar-refractivity contribution is 5.47. The fourth-order valence-corrected chi connectivity index (χ4v) is 2.04. The van der Waals surface area contributed by atoms with Crippen LogP contribution in [-0.4, -0.2) is 38.1 Å². The van der Waals surface area contributed by atoms with E-state index in [1.165, 1.54) is 6.20 Å². The third kappa shape index (κ3) is 2.04. The first-order valence-corrected chi connectivity index (χ1v) is 5.77. The summed E-state index contributed by atoms with van der Waals surface area (Å²) in [6, 6.07) is 0. The molecule has 0 amide bonds. The molecule has 1 aromatic heterocycles. The lowest BCUT2D eigenvalue weighted by Gasteiger charge is -2.23. The largest absolute Gasteiger partial charge is 0.392 e. The molecule has 0 aliphatic carbocycles. The number of nitrogens with two attached hydrogens (primary N) is 1. The van der Waals surface area contributed by atoms with Gasteiger partial charge in [-0.3, -0.25) is 4.57 Å². The summed E-state index contributed by atoms with van der Waals surface area (Å²) >= 11 is 0. The maximum atomic E-state index is 11.8. The van der Waals surface area contributed by atoms with Crippen LogP contribution < -0.4 is 11.4 Å². The Morgan fingerprint density at radius 3 is 2.85 bits per heavy atom. The molecule has 7 heteroatoms. The zero-order chi connectivity index (χ0) is 14.9. The number of rotatable bonds is 2. The molecule has 0 saturated carbocycles. The van der Waals surface area contributed by atoms with Gasteiger partial charge in [0.05, 0.1) is 12.2 Å². The lowest BCUT2D eigenvalue weighted by atomic mass is 9.99. The summed E-state index contributed by atoms with van der Waals surface area (Å²) in [7, 11) is 0. The Morgan fingerprint density at radius 2 is 2.35 bits per heavy atom. The van der Waals surface area contributed by atoms with Crippen LogP contribution in [0.3, 0.4) is 0 Å². The number of nitrogen functional groups attached to an aromatic ring is 1. The minimum Gasteiger partial charge on any atom is -0.392 e. The molecule has 1 aliphatic rings. The molecule has 1 fully saturated rings. The molecule has 2 heterocycles. The van der Waals surface area contributed by atoms with E-state index in [4.69, 9.17) is 23.3 Å². The molecule has 1 aliphatic heterocycles. The summed E-state index contributed by atoms with van der Waals surface area (Å²) < 4.78 is 6.54. The van der Waals surface area contributed by atoms with Gasteiger partial charge in [-0.1, -0.05) is 11.8 Å². The van der Waals surface area contributed by atoms with Crippen molar-refractivity contribution in [3.05, 3.63) is 22.2 Å². The van der Waals surface area contributed by atoms with Gasteiger partial charge in [0.2, 0.25) is 0 Å². The second kappa shape index (κ2) is 4.99. The summed E-state index contributed by atoms with van der Waals surface area (Å²) in [6.45, 7) is -0.569. The molecule has 3 atom stereocenters. The van der Waals surface area contributed by atoms with Crippen molar-refractivity contribution in [1.29, 1.82) is 0 Å². The molecule has 0 unspecified atom stereocenters. The Kier molecular flexibility index (Phi) is 3.51. The first-order chi connectivity index (χ1) is 9.47. The topological polar surface area (TPSA) is 111 Å². The minimum atomic E-state index is -1.54. The van der Waals surface area contributed by atoms with Crippen LogP contribution in [0.1, 0.15) is 18.2 Å². The SMILES string of the molecule is C#Cc1cn([C@H]2C[C@H](O)[C@@](C#C)(CO)O2)c(=O)nc1N. The van der Waals surface area contributed by atoms with E-state index < -0.39 is 30.2 Å². The molecule has 0 spiro atoms. The van der Waals surface area contributed by atoms with Crippen LogP contribution in [-0.2, 0) is 4.74 Å². The molecule has 0 bridgehead atoms. The smallest absolute Gasteiger partial charge is 0.351 e. The molecular formula is C13H13N3O4. The van der Waals surface area contributed by atoms with Crippen molar-refractivity contribution in [2.24, 2.45) is 0 Å². The van der Waals surface area contributed by atoms with Crippen molar-refractivity contribution in [3.63, 3.8) is 0 Å². The number of ether oxygens (including phenoxy) is 1. The highest BCUT2D eigenvalue weighted by Gasteiger charge is 2.47. The average Bonchev–Trinajstić information content (AvgIpc) is 2.76. The first-order valence-electron chi connectivity index (χ1n) is 5.77. The predicted molar refractivity (Wildman–Crippen MR) is 70.2 cm³/mol. The van der Waals surface area contributed by atoms with Crippen molar-refractivity contribution in [2.45, 2.75) is 24.4 Å². The molecule has 20 heavy (non-hydrogen) atoms. The van der Waals surface area contributed by atoms with Crippen molar-refractivity contribution < 1.29 is 14.9 Å². The quantitative estimate of drug-likeness (QED) is 0.564. The fraction of sp³-hybridized carbons (Fsp3) is 0.385. The van der Waals surface area contributed by atoms with Gasteiger partial charge >= 0.3 is 5.69 Å². The van der Waals surface area contributed by atoms with Gasteiger partial charge < -0.3 is 20.7 Å². The van der Waals surface area contributed by atoms with Gasteiger partial charge in [-0.05, 0) is 0 Å². The van der Waals surface area contributed by atoms with Gasteiger partial charge in [0, 0.05) is 12.6 Å². The molecule has 4 N–H and O–H groups in total. The highest BCUT2D eigenvalue weighted by atomic mass is 16.6. The van der Waals surface area contributed by atoms with E-state index in [2.05, 4.69) is 16.8 Å². The number of anilines is 1. The summed E-state index contributed by atoms with van der Waals surface area (Å²) in [5.74, 6) is 4.45. The van der Waals surface area contributed by atoms with Gasteiger partial charge in [0.25, 0.3) is 0 Å². The number of hydrogen-bond donors (Lipinski definition) is 3. The van der Waals surface area contributed by atoms with Crippen LogP contribution in [0.4, 0.5) is 5.82 Å². The van der Waals surface area contributed by atoms with Crippen molar-refractivity contribution in [3.8, 4) is 24.7 Å². The third-order valence-corrected chi connectivity index (χ3v) is 3.24. The van der Waals surface area contributed by atoms with E-state index in [9.17, 15) is 15.0 Å². The van der Waals surface area contributed by atoms with Crippen LogP contribution >= 0.6 is 0 Å². The van der Waals surface area contributed by atoms with Gasteiger partial charge in [-0.15, -0.1) is 12.8 Å². The highest BCUT2D eigenvalue weighted by Crippen LogP contribution is 2.35. The lowest BCUT2D eigenvalue weighted by Crippen LogP contribution is -2.41. The van der Waals surface area contributed by atoms with Crippen LogP contribution in [0.15, 0.2) is 11.0 Å². The Morgan fingerprint density at radius 1 is 1.65 bits per heavy atom. The van der Waals surface area contributed by atoms with E-state index in [0.29, 0.717) is 0 Å². The monoisotopic (exact) mass is 275 g/mol. The van der Waals surface area contributed by atoms with Gasteiger partial charge in [0.15, 0.2) is 5.60 Å². The maximum Gasteiger partial charge on any atom is 0.351 e. The Hall–Kier alpha value is -2.32.